The molecule has 1 N–H and O–H groups in total. The Morgan fingerprint density at radius 2 is 2.11 bits per heavy atom. The molecule has 0 saturated carbocycles. The van der Waals surface area contributed by atoms with Crippen molar-refractivity contribution in [3.63, 3.8) is 0 Å². The quantitative estimate of drug-likeness (QED) is 0.577. The molecule has 0 aliphatic rings. The smallest absolute Gasteiger partial charge is 0.305 e. The number of esters is 1. The Hall–Kier alpha value is -1.58. The fourth-order valence-electron chi connectivity index (χ4n) is 1.83. The van der Waals surface area contributed by atoms with E-state index in [-0.39, 0.29) is 11.8 Å². The van der Waals surface area contributed by atoms with E-state index >= 15 is 0 Å². The summed E-state index contributed by atoms with van der Waals surface area (Å²) >= 11 is 0. The third-order valence-corrected chi connectivity index (χ3v) is 2.95. The summed E-state index contributed by atoms with van der Waals surface area (Å²) in [6.45, 7) is 4.80. The first-order chi connectivity index (χ1) is 9.15. The Morgan fingerprint density at radius 3 is 2.84 bits per heavy atom. The number of unbranched alkanes of at least 4 members (excludes halogenated alkanes) is 2. The van der Waals surface area contributed by atoms with Crippen LogP contribution in [-0.2, 0) is 9.53 Å². The monoisotopic (exact) mass is 267 g/mol. The molecule has 0 aromatic heterocycles. The molecule has 0 unspecified atom stereocenters. The Kier molecular flexibility index (Phi) is 6.93. The summed E-state index contributed by atoms with van der Waals surface area (Å²) in [6, 6.07) is 5.03. The van der Waals surface area contributed by atoms with Crippen LogP contribution in [0.2, 0.25) is 0 Å². The number of carbonyl (C=O) groups excluding carboxylic acids is 1. The van der Waals surface area contributed by atoms with Gasteiger partial charge in [0.25, 0.3) is 0 Å². The molecule has 0 spiro atoms. The highest BCUT2D eigenvalue weighted by Gasteiger charge is 2.03. The van der Waals surface area contributed by atoms with E-state index in [2.05, 4.69) is 5.32 Å². The topological polar surface area (TPSA) is 38.3 Å². The van der Waals surface area contributed by atoms with Crippen LogP contribution in [0.4, 0.5) is 10.1 Å². The molecule has 0 saturated heterocycles. The maximum absolute atomic E-state index is 13.3. The maximum atomic E-state index is 13.3. The maximum Gasteiger partial charge on any atom is 0.305 e. The van der Waals surface area contributed by atoms with Gasteiger partial charge in [-0.3, -0.25) is 4.79 Å². The van der Waals surface area contributed by atoms with Crippen molar-refractivity contribution >= 4 is 11.7 Å². The van der Waals surface area contributed by atoms with E-state index in [4.69, 9.17) is 4.74 Å². The van der Waals surface area contributed by atoms with Crippen LogP contribution < -0.4 is 5.32 Å². The standard InChI is InChI=1S/C15H22FNO2/c1-3-19-15(18)10-5-4-6-11-17-14-9-7-8-13(16)12(14)2/h7-9,17H,3-6,10-11H2,1-2H3. The SMILES string of the molecule is CCOC(=O)CCCCCNc1cccc(F)c1C. The minimum Gasteiger partial charge on any atom is -0.466 e. The molecule has 1 aromatic carbocycles. The highest BCUT2D eigenvalue weighted by Crippen LogP contribution is 2.17. The number of carbonyl (C=O) groups is 1. The van der Waals surface area contributed by atoms with Gasteiger partial charge in [-0.25, -0.2) is 4.39 Å². The van der Waals surface area contributed by atoms with Gasteiger partial charge in [0.15, 0.2) is 0 Å². The van der Waals surface area contributed by atoms with Gasteiger partial charge < -0.3 is 10.1 Å². The Labute approximate surface area is 114 Å². The molecule has 4 heteroatoms. The second-order valence-electron chi connectivity index (χ2n) is 4.45. The van der Waals surface area contributed by atoms with Crippen LogP contribution in [0.25, 0.3) is 0 Å². The lowest BCUT2D eigenvalue weighted by molar-refractivity contribution is -0.143. The summed E-state index contributed by atoms with van der Waals surface area (Å²) in [5.41, 5.74) is 1.49. The summed E-state index contributed by atoms with van der Waals surface area (Å²) < 4.78 is 18.1. The van der Waals surface area contributed by atoms with Gasteiger partial charge in [0.2, 0.25) is 0 Å². The second-order valence-corrected chi connectivity index (χ2v) is 4.45. The van der Waals surface area contributed by atoms with Crippen molar-refractivity contribution in [2.45, 2.75) is 39.5 Å². The molecule has 3 nitrogen and oxygen atoms in total. The molecule has 0 amide bonds. The van der Waals surface area contributed by atoms with Gasteiger partial charge in [-0.2, -0.15) is 0 Å². The van der Waals surface area contributed by atoms with Gasteiger partial charge in [0.05, 0.1) is 6.61 Å². The zero-order valence-corrected chi connectivity index (χ0v) is 11.7. The summed E-state index contributed by atoms with van der Waals surface area (Å²) in [5.74, 6) is -0.316. The van der Waals surface area contributed by atoms with E-state index in [1.165, 1.54) is 6.07 Å². The van der Waals surface area contributed by atoms with Gasteiger partial charge in [-0.1, -0.05) is 12.5 Å². The average molecular weight is 267 g/mol. The van der Waals surface area contributed by atoms with Gasteiger partial charge in [0, 0.05) is 24.2 Å². The van der Waals surface area contributed by atoms with Crippen molar-refractivity contribution in [1.82, 2.24) is 0 Å². The van der Waals surface area contributed by atoms with E-state index in [1.807, 2.05) is 13.0 Å². The lowest BCUT2D eigenvalue weighted by Gasteiger charge is -2.09. The summed E-state index contributed by atoms with van der Waals surface area (Å²) in [6.07, 6.45) is 3.23. The molecule has 0 radical (unpaired) electrons. The number of rotatable bonds is 8. The molecule has 1 aromatic rings. The molecular formula is C15H22FNO2. The lowest BCUT2D eigenvalue weighted by atomic mass is 10.1. The number of halogens is 1. The number of anilines is 1. The molecule has 0 aliphatic carbocycles. The van der Waals surface area contributed by atoms with E-state index in [9.17, 15) is 9.18 Å². The molecule has 0 heterocycles. The average Bonchev–Trinajstić information content (AvgIpc) is 2.38. The zero-order chi connectivity index (χ0) is 14.1. The Balaban J connectivity index is 2.14. The largest absolute Gasteiger partial charge is 0.466 e. The summed E-state index contributed by atoms with van der Waals surface area (Å²) in [7, 11) is 0. The molecule has 1 rings (SSSR count). The fourth-order valence-corrected chi connectivity index (χ4v) is 1.83. The Morgan fingerprint density at radius 1 is 1.32 bits per heavy atom. The van der Waals surface area contributed by atoms with Gasteiger partial charge in [-0.05, 0) is 38.8 Å². The van der Waals surface area contributed by atoms with Gasteiger partial charge in [-0.15, -0.1) is 0 Å². The number of benzene rings is 1. The van der Waals surface area contributed by atoms with Crippen LogP contribution in [0, 0.1) is 12.7 Å². The van der Waals surface area contributed by atoms with E-state index in [0.29, 0.717) is 18.6 Å². The number of hydrogen-bond donors (Lipinski definition) is 1. The normalized spacial score (nSPS) is 10.3. The molecular weight excluding hydrogens is 245 g/mol. The predicted octanol–water partition coefficient (Wildman–Crippen LogP) is 3.67. The second kappa shape index (κ2) is 8.51. The highest BCUT2D eigenvalue weighted by atomic mass is 19.1. The minimum atomic E-state index is -0.188. The molecule has 19 heavy (non-hydrogen) atoms. The molecule has 0 aliphatic heterocycles. The fraction of sp³-hybridized carbons (Fsp3) is 0.533. The van der Waals surface area contributed by atoms with Gasteiger partial charge in [0.1, 0.15) is 5.82 Å². The van der Waals surface area contributed by atoms with E-state index in [0.717, 1.165) is 31.5 Å². The first kappa shape index (κ1) is 15.5. The molecule has 0 fully saturated rings. The highest BCUT2D eigenvalue weighted by molar-refractivity contribution is 5.69. The number of hydrogen-bond acceptors (Lipinski definition) is 3. The van der Waals surface area contributed by atoms with E-state index < -0.39 is 0 Å². The predicted molar refractivity (Wildman–Crippen MR) is 74.7 cm³/mol. The van der Waals surface area contributed by atoms with Crippen LogP contribution in [0.5, 0.6) is 0 Å². The summed E-state index contributed by atoms with van der Waals surface area (Å²) in [5, 5.41) is 3.21. The van der Waals surface area contributed by atoms with Gasteiger partial charge >= 0.3 is 5.97 Å². The third-order valence-electron chi connectivity index (χ3n) is 2.95. The van der Waals surface area contributed by atoms with Crippen LogP contribution in [0.3, 0.4) is 0 Å². The van der Waals surface area contributed by atoms with Crippen molar-refractivity contribution in [3.8, 4) is 0 Å². The van der Waals surface area contributed by atoms with E-state index in [1.54, 1.807) is 13.0 Å². The van der Waals surface area contributed by atoms with Crippen LogP contribution in [0.1, 0.15) is 38.2 Å². The summed E-state index contributed by atoms with van der Waals surface area (Å²) in [4.78, 5) is 11.1. The Bertz CT molecular complexity index is 407. The molecule has 0 atom stereocenters. The number of ether oxygens (including phenoxy) is 1. The minimum absolute atomic E-state index is 0.128. The van der Waals surface area contributed by atoms with Crippen molar-refractivity contribution in [2.24, 2.45) is 0 Å². The zero-order valence-electron chi connectivity index (χ0n) is 11.7. The number of nitrogens with one attached hydrogen (secondary N) is 1. The first-order valence-electron chi connectivity index (χ1n) is 6.79. The molecule has 106 valence electrons. The van der Waals surface area contributed by atoms with Crippen molar-refractivity contribution in [2.75, 3.05) is 18.5 Å². The van der Waals surface area contributed by atoms with Crippen molar-refractivity contribution in [3.05, 3.63) is 29.6 Å². The van der Waals surface area contributed by atoms with Crippen LogP contribution in [0.15, 0.2) is 18.2 Å². The van der Waals surface area contributed by atoms with Crippen LogP contribution >= 0.6 is 0 Å². The van der Waals surface area contributed by atoms with Crippen molar-refractivity contribution in [1.29, 1.82) is 0 Å². The third kappa shape index (κ3) is 5.73. The lowest BCUT2D eigenvalue weighted by Crippen LogP contribution is -2.05. The van der Waals surface area contributed by atoms with Crippen LogP contribution in [-0.4, -0.2) is 19.1 Å². The van der Waals surface area contributed by atoms with Crippen molar-refractivity contribution < 1.29 is 13.9 Å². The first-order valence-corrected chi connectivity index (χ1v) is 6.79. The molecule has 0 bridgehead atoms.